The fourth-order valence-corrected chi connectivity index (χ4v) is 2.28. The number of rotatable bonds is 1. The first-order valence-electron chi connectivity index (χ1n) is 5.13. The van der Waals surface area contributed by atoms with Crippen LogP contribution in [-0.4, -0.2) is 16.3 Å². The lowest BCUT2D eigenvalue weighted by Gasteiger charge is -2.36. The SMILES string of the molecule is C[C@@H](O)[C@@]1(O)CCCc2ccccc21. The third kappa shape index (κ3) is 1.35. The summed E-state index contributed by atoms with van der Waals surface area (Å²) in [5.74, 6) is 0. The highest BCUT2D eigenvalue weighted by atomic mass is 16.3. The molecule has 1 aliphatic rings. The van der Waals surface area contributed by atoms with Gasteiger partial charge in [0.15, 0.2) is 0 Å². The summed E-state index contributed by atoms with van der Waals surface area (Å²) >= 11 is 0. The van der Waals surface area contributed by atoms with Gasteiger partial charge in [-0.25, -0.2) is 0 Å². The largest absolute Gasteiger partial charge is 0.390 e. The first-order valence-corrected chi connectivity index (χ1v) is 5.13. The molecule has 0 spiro atoms. The van der Waals surface area contributed by atoms with Crippen molar-refractivity contribution >= 4 is 0 Å². The average Bonchev–Trinajstić information content (AvgIpc) is 2.18. The molecule has 14 heavy (non-hydrogen) atoms. The van der Waals surface area contributed by atoms with Crippen LogP contribution in [0.3, 0.4) is 0 Å². The van der Waals surface area contributed by atoms with Crippen LogP contribution in [0.25, 0.3) is 0 Å². The third-order valence-corrected chi connectivity index (χ3v) is 3.18. The molecule has 0 aromatic heterocycles. The Morgan fingerprint density at radius 2 is 2.07 bits per heavy atom. The maximum absolute atomic E-state index is 10.4. The lowest BCUT2D eigenvalue weighted by atomic mass is 9.76. The van der Waals surface area contributed by atoms with E-state index in [1.807, 2.05) is 24.3 Å². The molecule has 0 amide bonds. The predicted molar refractivity (Wildman–Crippen MR) is 55.0 cm³/mol. The average molecular weight is 192 g/mol. The highest BCUT2D eigenvalue weighted by molar-refractivity contribution is 5.35. The molecule has 76 valence electrons. The Kier molecular flexibility index (Phi) is 2.33. The first kappa shape index (κ1) is 9.69. The van der Waals surface area contributed by atoms with Crippen molar-refractivity contribution in [3.8, 4) is 0 Å². The Labute approximate surface area is 84.2 Å². The molecule has 0 radical (unpaired) electrons. The van der Waals surface area contributed by atoms with Crippen LogP contribution in [0.1, 0.15) is 30.9 Å². The summed E-state index contributed by atoms with van der Waals surface area (Å²) < 4.78 is 0. The van der Waals surface area contributed by atoms with Gasteiger partial charge in [0, 0.05) is 0 Å². The molecule has 2 rings (SSSR count). The Bertz CT molecular complexity index is 333. The normalized spacial score (nSPS) is 28.2. The van der Waals surface area contributed by atoms with Gasteiger partial charge in [-0.15, -0.1) is 0 Å². The van der Waals surface area contributed by atoms with Crippen LogP contribution in [0, 0.1) is 0 Å². The second kappa shape index (κ2) is 3.37. The molecule has 0 saturated carbocycles. The second-order valence-corrected chi connectivity index (χ2v) is 4.11. The minimum Gasteiger partial charge on any atom is -0.390 e. The minimum atomic E-state index is -1.03. The molecule has 1 aliphatic carbocycles. The minimum absolute atomic E-state index is 0.654. The standard InChI is InChI=1S/C12H16O2/c1-9(13)12(14)8-4-6-10-5-2-3-7-11(10)12/h2-3,5,7,9,13-14H,4,6,8H2,1H3/t9-,12+/m1/s1. The molecular weight excluding hydrogens is 176 g/mol. The zero-order valence-electron chi connectivity index (χ0n) is 8.40. The number of benzene rings is 1. The van der Waals surface area contributed by atoms with E-state index in [0.29, 0.717) is 6.42 Å². The monoisotopic (exact) mass is 192 g/mol. The Morgan fingerprint density at radius 3 is 2.79 bits per heavy atom. The smallest absolute Gasteiger partial charge is 0.115 e. The summed E-state index contributed by atoms with van der Waals surface area (Å²) in [6.07, 6.45) is 1.90. The zero-order valence-corrected chi connectivity index (χ0v) is 8.40. The molecule has 0 saturated heterocycles. The van der Waals surface area contributed by atoms with Crippen LogP contribution in [0.4, 0.5) is 0 Å². The van der Waals surface area contributed by atoms with E-state index in [0.717, 1.165) is 18.4 Å². The van der Waals surface area contributed by atoms with Crippen molar-refractivity contribution < 1.29 is 10.2 Å². The molecule has 1 aromatic carbocycles. The predicted octanol–water partition coefficient (Wildman–Crippen LogP) is 1.59. The van der Waals surface area contributed by atoms with Gasteiger partial charge in [-0.2, -0.15) is 0 Å². The molecule has 1 aromatic rings. The Balaban J connectivity index is 2.50. The van der Waals surface area contributed by atoms with Crippen molar-refractivity contribution in [2.24, 2.45) is 0 Å². The van der Waals surface area contributed by atoms with Gasteiger partial charge < -0.3 is 10.2 Å². The second-order valence-electron chi connectivity index (χ2n) is 4.11. The molecular formula is C12H16O2. The lowest BCUT2D eigenvalue weighted by molar-refractivity contribution is -0.0827. The molecule has 0 unspecified atom stereocenters. The Morgan fingerprint density at radius 1 is 1.36 bits per heavy atom. The molecule has 2 heteroatoms. The van der Waals surface area contributed by atoms with Gasteiger partial charge in [-0.05, 0) is 37.3 Å². The van der Waals surface area contributed by atoms with Gasteiger partial charge in [-0.3, -0.25) is 0 Å². The molecule has 0 bridgehead atoms. The van der Waals surface area contributed by atoms with Crippen LogP contribution in [0.5, 0.6) is 0 Å². The van der Waals surface area contributed by atoms with E-state index < -0.39 is 11.7 Å². The van der Waals surface area contributed by atoms with Crippen molar-refractivity contribution in [1.82, 2.24) is 0 Å². The third-order valence-electron chi connectivity index (χ3n) is 3.18. The van der Waals surface area contributed by atoms with E-state index >= 15 is 0 Å². The maximum Gasteiger partial charge on any atom is 0.115 e. The summed E-state index contributed by atoms with van der Waals surface area (Å²) in [6.45, 7) is 1.65. The maximum atomic E-state index is 10.4. The van der Waals surface area contributed by atoms with Crippen molar-refractivity contribution in [1.29, 1.82) is 0 Å². The van der Waals surface area contributed by atoms with Gasteiger partial charge in [0.25, 0.3) is 0 Å². The zero-order chi connectivity index (χ0) is 10.2. The van der Waals surface area contributed by atoms with Crippen LogP contribution in [0.2, 0.25) is 0 Å². The molecule has 0 fully saturated rings. The van der Waals surface area contributed by atoms with Crippen molar-refractivity contribution in [2.45, 2.75) is 37.9 Å². The fourth-order valence-electron chi connectivity index (χ4n) is 2.28. The number of aliphatic hydroxyl groups is 2. The summed E-state index contributed by atoms with van der Waals surface area (Å²) in [4.78, 5) is 0. The van der Waals surface area contributed by atoms with E-state index in [9.17, 15) is 10.2 Å². The highest BCUT2D eigenvalue weighted by Gasteiger charge is 2.38. The number of fused-ring (bicyclic) bond motifs is 1. The van der Waals surface area contributed by atoms with Crippen molar-refractivity contribution in [3.05, 3.63) is 35.4 Å². The van der Waals surface area contributed by atoms with E-state index in [1.54, 1.807) is 6.92 Å². The van der Waals surface area contributed by atoms with Gasteiger partial charge in [0.1, 0.15) is 5.60 Å². The van der Waals surface area contributed by atoms with Crippen molar-refractivity contribution in [2.75, 3.05) is 0 Å². The molecule has 2 N–H and O–H groups in total. The van der Waals surface area contributed by atoms with Gasteiger partial charge in [0.05, 0.1) is 6.10 Å². The lowest BCUT2D eigenvalue weighted by Crippen LogP contribution is -2.40. The van der Waals surface area contributed by atoms with Gasteiger partial charge in [-0.1, -0.05) is 24.3 Å². The fraction of sp³-hybridized carbons (Fsp3) is 0.500. The van der Waals surface area contributed by atoms with Crippen LogP contribution < -0.4 is 0 Å². The summed E-state index contributed by atoms with van der Waals surface area (Å²) in [5.41, 5.74) is 1.04. The number of aryl methyl sites for hydroxylation is 1. The van der Waals surface area contributed by atoms with Crippen LogP contribution in [-0.2, 0) is 12.0 Å². The van der Waals surface area contributed by atoms with E-state index in [2.05, 4.69) is 0 Å². The molecule has 0 heterocycles. The van der Waals surface area contributed by atoms with Gasteiger partial charge in [0.2, 0.25) is 0 Å². The number of hydrogen-bond donors (Lipinski definition) is 2. The summed E-state index contributed by atoms with van der Waals surface area (Å²) in [6, 6.07) is 7.84. The van der Waals surface area contributed by atoms with Crippen LogP contribution in [0.15, 0.2) is 24.3 Å². The molecule has 2 nitrogen and oxygen atoms in total. The van der Waals surface area contributed by atoms with Gasteiger partial charge >= 0.3 is 0 Å². The highest BCUT2D eigenvalue weighted by Crippen LogP contribution is 2.37. The molecule has 0 aliphatic heterocycles. The number of aliphatic hydroxyl groups excluding tert-OH is 1. The number of hydrogen-bond acceptors (Lipinski definition) is 2. The topological polar surface area (TPSA) is 40.5 Å². The Hall–Kier alpha value is -0.860. The van der Waals surface area contributed by atoms with Crippen LogP contribution >= 0.6 is 0 Å². The molecule has 2 atom stereocenters. The van der Waals surface area contributed by atoms with Crippen molar-refractivity contribution in [3.63, 3.8) is 0 Å². The quantitative estimate of drug-likeness (QED) is 0.709. The summed E-state index contributed by atoms with van der Waals surface area (Å²) in [5, 5.41) is 20.0. The van der Waals surface area contributed by atoms with E-state index in [4.69, 9.17) is 0 Å². The van der Waals surface area contributed by atoms with E-state index in [-0.39, 0.29) is 0 Å². The first-order chi connectivity index (χ1) is 6.64. The summed E-state index contributed by atoms with van der Waals surface area (Å²) in [7, 11) is 0. The van der Waals surface area contributed by atoms with E-state index in [1.165, 1.54) is 5.56 Å².